The van der Waals surface area contributed by atoms with Gasteiger partial charge in [-0.2, -0.15) is 0 Å². The van der Waals surface area contributed by atoms with Gasteiger partial charge in [0.05, 0.1) is 12.2 Å². The van der Waals surface area contributed by atoms with Crippen molar-refractivity contribution in [1.82, 2.24) is 9.47 Å². The molecule has 2 heterocycles. The van der Waals surface area contributed by atoms with E-state index in [4.69, 9.17) is 4.74 Å². The zero-order valence-corrected chi connectivity index (χ0v) is 16.9. The van der Waals surface area contributed by atoms with Crippen LogP contribution in [0.4, 0.5) is 4.39 Å². The van der Waals surface area contributed by atoms with Crippen LogP contribution >= 0.6 is 12.4 Å². The Labute approximate surface area is 170 Å². The molecule has 0 unspecified atom stereocenters. The van der Waals surface area contributed by atoms with Gasteiger partial charge < -0.3 is 14.2 Å². The molecule has 0 atom stereocenters. The lowest BCUT2D eigenvalue weighted by Crippen LogP contribution is -2.27. The van der Waals surface area contributed by atoms with Gasteiger partial charge in [-0.1, -0.05) is 12.1 Å². The lowest BCUT2D eigenvalue weighted by atomic mass is 10.0. The fourth-order valence-corrected chi connectivity index (χ4v) is 3.88. The van der Waals surface area contributed by atoms with Crippen LogP contribution in [0.1, 0.15) is 34.1 Å². The van der Waals surface area contributed by atoms with E-state index in [1.807, 2.05) is 18.2 Å². The van der Waals surface area contributed by atoms with Crippen molar-refractivity contribution in [3.63, 3.8) is 0 Å². The Hall–Kier alpha value is -2.37. The second-order valence-corrected chi connectivity index (χ2v) is 7.08. The summed E-state index contributed by atoms with van der Waals surface area (Å²) in [6.07, 6.45) is 0.947. The van der Waals surface area contributed by atoms with Crippen LogP contribution in [0.3, 0.4) is 0 Å². The van der Waals surface area contributed by atoms with E-state index in [0.29, 0.717) is 18.7 Å². The van der Waals surface area contributed by atoms with E-state index in [1.54, 1.807) is 25.1 Å². The molecule has 3 aromatic rings. The van der Waals surface area contributed by atoms with Crippen LogP contribution in [-0.2, 0) is 24.2 Å². The largest absolute Gasteiger partial charge is 0.462 e. The highest BCUT2D eigenvalue weighted by Crippen LogP contribution is 2.31. The van der Waals surface area contributed by atoms with Gasteiger partial charge in [0, 0.05) is 42.7 Å². The van der Waals surface area contributed by atoms with Gasteiger partial charge in [-0.25, -0.2) is 9.18 Å². The lowest BCUT2D eigenvalue weighted by Gasteiger charge is -2.24. The van der Waals surface area contributed by atoms with Crippen LogP contribution in [0.5, 0.6) is 0 Å². The van der Waals surface area contributed by atoms with Crippen molar-refractivity contribution in [2.75, 3.05) is 20.2 Å². The third-order valence-corrected chi connectivity index (χ3v) is 5.21. The molecular weight excluding hydrogens is 379 g/mol. The molecule has 0 amide bonds. The Bertz CT molecular complexity index is 998. The third-order valence-electron chi connectivity index (χ3n) is 5.21. The second-order valence-electron chi connectivity index (χ2n) is 7.08. The van der Waals surface area contributed by atoms with Crippen LogP contribution in [0.25, 0.3) is 10.9 Å². The molecule has 1 aliphatic rings. The van der Waals surface area contributed by atoms with E-state index in [1.165, 1.54) is 17.3 Å². The van der Waals surface area contributed by atoms with E-state index >= 15 is 0 Å². The van der Waals surface area contributed by atoms with Gasteiger partial charge in [-0.05, 0) is 55.4 Å². The van der Waals surface area contributed by atoms with Crippen molar-refractivity contribution >= 4 is 29.3 Å². The van der Waals surface area contributed by atoms with E-state index in [-0.39, 0.29) is 24.2 Å². The second kappa shape index (κ2) is 8.33. The summed E-state index contributed by atoms with van der Waals surface area (Å²) in [7, 11) is 2.10. The summed E-state index contributed by atoms with van der Waals surface area (Å²) in [6.45, 7) is 4.70. The predicted octanol–water partition coefficient (Wildman–Crippen LogP) is 4.42. The number of likely N-dealkylation sites (N-methyl/N-ethyl adjacent to an activating group) is 1. The number of benzene rings is 2. The minimum absolute atomic E-state index is 0. The average Bonchev–Trinajstić information content (AvgIpc) is 2.95. The first-order valence-corrected chi connectivity index (χ1v) is 9.31. The number of carbonyl (C=O) groups is 1. The number of ether oxygens (including phenoxy) is 1. The number of hydrogen-bond donors (Lipinski definition) is 0. The summed E-state index contributed by atoms with van der Waals surface area (Å²) in [5.74, 6) is -0.499. The van der Waals surface area contributed by atoms with Crippen molar-refractivity contribution in [3.8, 4) is 0 Å². The van der Waals surface area contributed by atoms with Crippen LogP contribution in [0, 0.1) is 5.82 Å². The molecule has 4 rings (SSSR count). The van der Waals surface area contributed by atoms with Crippen LogP contribution in [0.2, 0.25) is 0 Å². The van der Waals surface area contributed by atoms with E-state index in [0.717, 1.165) is 36.0 Å². The van der Waals surface area contributed by atoms with Crippen LogP contribution in [0.15, 0.2) is 42.5 Å². The van der Waals surface area contributed by atoms with Crippen molar-refractivity contribution in [1.29, 1.82) is 0 Å². The molecule has 2 aromatic carbocycles. The summed E-state index contributed by atoms with van der Waals surface area (Å²) in [5, 5.41) is 1.000. The molecule has 148 valence electrons. The summed E-state index contributed by atoms with van der Waals surface area (Å²) in [4.78, 5) is 14.1. The molecule has 6 heteroatoms. The molecule has 0 spiro atoms. The summed E-state index contributed by atoms with van der Waals surface area (Å²) in [6, 6.07) is 12.6. The van der Waals surface area contributed by atoms with Crippen molar-refractivity contribution in [2.45, 2.75) is 26.4 Å². The van der Waals surface area contributed by atoms with Gasteiger partial charge in [-0.3, -0.25) is 0 Å². The molecule has 0 bridgehead atoms. The minimum Gasteiger partial charge on any atom is -0.462 e. The van der Waals surface area contributed by atoms with E-state index in [2.05, 4.69) is 16.5 Å². The monoisotopic (exact) mass is 402 g/mol. The average molecular weight is 403 g/mol. The zero-order valence-electron chi connectivity index (χ0n) is 16.1. The smallest absolute Gasteiger partial charge is 0.338 e. The molecule has 0 saturated heterocycles. The van der Waals surface area contributed by atoms with Gasteiger partial charge in [0.1, 0.15) is 5.82 Å². The maximum Gasteiger partial charge on any atom is 0.338 e. The normalized spacial score (nSPS) is 13.8. The first kappa shape index (κ1) is 20.4. The Kier molecular flexibility index (Phi) is 6.06. The zero-order chi connectivity index (χ0) is 19.0. The van der Waals surface area contributed by atoms with Crippen molar-refractivity contribution < 1.29 is 13.9 Å². The van der Waals surface area contributed by atoms with Crippen LogP contribution < -0.4 is 0 Å². The van der Waals surface area contributed by atoms with Gasteiger partial charge in [-0.15, -0.1) is 12.4 Å². The minimum atomic E-state index is -0.300. The number of carbonyl (C=O) groups excluding carboxylic acids is 1. The predicted molar refractivity (Wildman–Crippen MR) is 111 cm³/mol. The quantitative estimate of drug-likeness (QED) is 0.606. The summed E-state index contributed by atoms with van der Waals surface area (Å²) < 4.78 is 21.2. The Morgan fingerprint density at radius 1 is 1.18 bits per heavy atom. The molecule has 28 heavy (non-hydrogen) atoms. The summed E-state index contributed by atoms with van der Waals surface area (Å²) in [5.41, 5.74) is 5.23. The van der Waals surface area contributed by atoms with E-state index in [9.17, 15) is 9.18 Å². The number of fused-ring (bicyclic) bond motifs is 3. The highest BCUT2D eigenvalue weighted by molar-refractivity contribution is 5.89. The Morgan fingerprint density at radius 3 is 2.64 bits per heavy atom. The fourth-order valence-electron chi connectivity index (χ4n) is 3.88. The Morgan fingerprint density at radius 2 is 1.93 bits per heavy atom. The molecule has 0 radical (unpaired) electrons. The SMILES string of the molecule is CCOC(=O)c1ccc(Cn2c3c(c4cc(F)ccc42)CN(C)CC3)cc1.Cl. The number of aromatic nitrogens is 1. The van der Waals surface area contributed by atoms with E-state index < -0.39 is 0 Å². The molecule has 0 aliphatic carbocycles. The molecule has 4 nitrogen and oxygen atoms in total. The van der Waals surface area contributed by atoms with Crippen LogP contribution in [-0.4, -0.2) is 35.6 Å². The van der Waals surface area contributed by atoms with Gasteiger partial charge in [0.15, 0.2) is 0 Å². The highest BCUT2D eigenvalue weighted by Gasteiger charge is 2.22. The maximum atomic E-state index is 13.9. The highest BCUT2D eigenvalue weighted by atomic mass is 35.5. The number of hydrogen-bond acceptors (Lipinski definition) is 3. The van der Waals surface area contributed by atoms with Gasteiger partial charge in [0.2, 0.25) is 0 Å². The topological polar surface area (TPSA) is 34.5 Å². The standard InChI is InChI=1S/C22H23FN2O2.ClH/c1-3-27-22(26)16-6-4-15(5-7-16)13-25-20-9-8-17(23)12-18(20)19-14-24(2)11-10-21(19)25;/h4-9,12H,3,10-11,13-14H2,1-2H3;1H. The molecule has 1 aromatic heterocycles. The summed E-state index contributed by atoms with van der Waals surface area (Å²) >= 11 is 0. The first-order chi connectivity index (χ1) is 13.1. The molecule has 0 saturated carbocycles. The van der Waals surface area contributed by atoms with Gasteiger partial charge >= 0.3 is 5.97 Å². The third kappa shape index (κ3) is 3.77. The number of halogens is 2. The Balaban J connectivity index is 0.00000225. The molecule has 0 N–H and O–H groups in total. The molecule has 1 aliphatic heterocycles. The molecule has 0 fully saturated rings. The fraction of sp³-hybridized carbons (Fsp3) is 0.318. The molecular formula is C22H24ClFN2O2. The lowest BCUT2D eigenvalue weighted by molar-refractivity contribution is 0.0526. The number of esters is 1. The van der Waals surface area contributed by atoms with Crippen molar-refractivity contribution in [2.24, 2.45) is 0 Å². The van der Waals surface area contributed by atoms with Gasteiger partial charge in [0.25, 0.3) is 0 Å². The number of nitrogens with zero attached hydrogens (tertiary/aromatic N) is 2. The maximum absolute atomic E-state index is 13.9. The first-order valence-electron chi connectivity index (χ1n) is 9.31. The number of rotatable bonds is 4. The van der Waals surface area contributed by atoms with Crippen molar-refractivity contribution in [3.05, 3.63) is 70.7 Å².